The Morgan fingerprint density at radius 3 is 2.68 bits per heavy atom. The van der Waals surface area contributed by atoms with Crippen LogP contribution < -0.4 is 4.90 Å². The van der Waals surface area contributed by atoms with Gasteiger partial charge in [-0.15, -0.1) is 0 Å². The van der Waals surface area contributed by atoms with E-state index in [4.69, 9.17) is 0 Å². The van der Waals surface area contributed by atoms with E-state index in [0.29, 0.717) is 24.7 Å². The first kappa shape index (κ1) is 20.0. The number of halogens is 3. The molecular weight excluding hydrogens is 407 g/mol. The van der Waals surface area contributed by atoms with Gasteiger partial charge >= 0.3 is 6.18 Å². The highest BCUT2D eigenvalue weighted by molar-refractivity contribution is 5.93. The molecule has 5 rings (SSSR count). The molecule has 0 aliphatic carbocycles. The van der Waals surface area contributed by atoms with Gasteiger partial charge in [0.1, 0.15) is 6.04 Å². The smallest absolute Gasteiger partial charge is 0.330 e. The van der Waals surface area contributed by atoms with Crippen molar-refractivity contribution in [1.29, 1.82) is 0 Å². The van der Waals surface area contributed by atoms with Crippen molar-refractivity contribution in [2.45, 2.75) is 32.0 Å². The van der Waals surface area contributed by atoms with Gasteiger partial charge in [-0.3, -0.25) is 4.79 Å². The lowest BCUT2D eigenvalue weighted by molar-refractivity contribution is -0.916. The van der Waals surface area contributed by atoms with Gasteiger partial charge in [0.05, 0.1) is 31.9 Å². The average Bonchev–Trinajstić information content (AvgIpc) is 3.38. The Bertz CT molecular complexity index is 1140. The van der Waals surface area contributed by atoms with E-state index >= 15 is 0 Å². The number of carbonyl (C=O) groups excluding carboxylic acids is 1. The van der Waals surface area contributed by atoms with Crippen LogP contribution >= 0.6 is 0 Å². The molecule has 31 heavy (non-hydrogen) atoms. The van der Waals surface area contributed by atoms with E-state index in [-0.39, 0.29) is 22.9 Å². The second-order valence-electron chi connectivity index (χ2n) is 8.44. The number of alkyl halides is 3. The Kier molecular flexibility index (Phi) is 4.73. The number of aryl methyl sites for hydroxylation is 1. The van der Waals surface area contributed by atoms with Gasteiger partial charge in [0.2, 0.25) is 0 Å². The van der Waals surface area contributed by atoms with Gasteiger partial charge in [0.25, 0.3) is 5.91 Å². The molecule has 9 heteroatoms. The second-order valence-corrected chi connectivity index (χ2v) is 8.44. The van der Waals surface area contributed by atoms with E-state index in [9.17, 15) is 18.0 Å². The number of nitrogens with one attached hydrogen (secondary N) is 1. The number of fused-ring (bicyclic) bond motifs is 2. The lowest BCUT2D eigenvalue weighted by Gasteiger charge is -2.34. The predicted molar refractivity (Wildman–Crippen MR) is 108 cm³/mol. The van der Waals surface area contributed by atoms with Crippen molar-refractivity contribution in [1.82, 2.24) is 19.5 Å². The van der Waals surface area contributed by atoms with E-state index in [2.05, 4.69) is 10.1 Å². The summed E-state index contributed by atoms with van der Waals surface area (Å²) in [6.07, 6.45) is -2.41. The standard InChI is InChI=1S/C22H22F3N5O/c1-14-4-6-15(7-5-14)17-11-19(22(23,24)25)30-20(26-17)12-18(27-30)21(31)29-10-9-28-8-2-3-16(28)13-29/h4-7,11-12,16H,2-3,8-10,13H2,1H3/p+1/t16-/m0/s1. The van der Waals surface area contributed by atoms with Gasteiger partial charge in [-0.2, -0.15) is 18.3 Å². The third kappa shape index (κ3) is 3.67. The van der Waals surface area contributed by atoms with E-state index in [0.717, 1.165) is 42.1 Å². The molecule has 2 fully saturated rings. The van der Waals surface area contributed by atoms with Crippen molar-refractivity contribution in [3.63, 3.8) is 0 Å². The summed E-state index contributed by atoms with van der Waals surface area (Å²) < 4.78 is 42.1. The largest absolute Gasteiger partial charge is 0.433 e. The number of carbonyl (C=O) groups is 1. The number of nitrogens with zero attached hydrogens (tertiary/aromatic N) is 4. The van der Waals surface area contributed by atoms with E-state index in [1.807, 2.05) is 19.1 Å². The van der Waals surface area contributed by atoms with Crippen LogP contribution in [-0.4, -0.2) is 57.6 Å². The summed E-state index contributed by atoms with van der Waals surface area (Å²) in [5.74, 6) is -0.332. The van der Waals surface area contributed by atoms with Crippen LogP contribution in [0.4, 0.5) is 13.2 Å². The summed E-state index contributed by atoms with van der Waals surface area (Å²) in [5, 5.41) is 4.02. The zero-order valence-corrected chi connectivity index (χ0v) is 17.1. The highest BCUT2D eigenvalue weighted by atomic mass is 19.4. The molecule has 162 valence electrons. The molecule has 4 heterocycles. The summed E-state index contributed by atoms with van der Waals surface area (Å²) in [4.78, 5) is 20.7. The van der Waals surface area contributed by atoms with Crippen molar-refractivity contribution < 1.29 is 22.9 Å². The molecule has 2 saturated heterocycles. The maximum absolute atomic E-state index is 13.8. The topological polar surface area (TPSA) is 54.9 Å². The number of aromatic nitrogens is 3. The highest BCUT2D eigenvalue weighted by Gasteiger charge is 2.38. The summed E-state index contributed by atoms with van der Waals surface area (Å²) >= 11 is 0. The molecule has 0 radical (unpaired) electrons. The Balaban J connectivity index is 1.53. The van der Waals surface area contributed by atoms with Crippen LogP contribution in [0.3, 0.4) is 0 Å². The molecule has 0 spiro atoms. The average molecular weight is 430 g/mol. The number of benzene rings is 1. The molecule has 1 amide bonds. The molecule has 2 aliphatic rings. The summed E-state index contributed by atoms with van der Waals surface area (Å²) in [5.41, 5.74) is 0.841. The van der Waals surface area contributed by atoms with Crippen LogP contribution in [0.5, 0.6) is 0 Å². The van der Waals surface area contributed by atoms with Gasteiger partial charge in [0.15, 0.2) is 17.0 Å². The number of amides is 1. The first-order valence-electron chi connectivity index (χ1n) is 10.5. The Morgan fingerprint density at radius 2 is 1.94 bits per heavy atom. The van der Waals surface area contributed by atoms with Gasteiger partial charge < -0.3 is 9.80 Å². The van der Waals surface area contributed by atoms with E-state index in [1.54, 1.807) is 17.0 Å². The number of hydrogen-bond donors (Lipinski definition) is 1. The van der Waals surface area contributed by atoms with Crippen molar-refractivity contribution in [3.8, 4) is 11.3 Å². The highest BCUT2D eigenvalue weighted by Crippen LogP contribution is 2.32. The molecule has 3 aromatic rings. The Hall–Kier alpha value is -2.94. The van der Waals surface area contributed by atoms with Crippen LogP contribution in [0.1, 0.15) is 34.6 Å². The molecule has 2 atom stereocenters. The minimum absolute atomic E-state index is 0.000466. The number of rotatable bonds is 2. The molecule has 1 aromatic carbocycles. The van der Waals surface area contributed by atoms with E-state index in [1.165, 1.54) is 11.0 Å². The molecule has 0 saturated carbocycles. The molecule has 6 nitrogen and oxygen atoms in total. The predicted octanol–water partition coefficient (Wildman–Crippen LogP) is 2.23. The molecule has 0 bridgehead atoms. The second kappa shape index (κ2) is 7.33. The fourth-order valence-corrected chi connectivity index (χ4v) is 4.67. The summed E-state index contributed by atoms with van der Waals surface area (Å²) in [6.45, 7) is 5.11. The lowest BCUT2D eigenvalue weighted by Crippen LogP contribution is -3.16. The third-order valence-electron chi connectivity index (χ3n) is 6.34. The zero-order valence-electron chi connectivity index (χ0n) is 17.1. The van der Waals surface area contributed by atoms with Crippen LogP contribution in [-0.2, 0) is 6.18 Å². The lowest BCUT2D eigenvalue weighted by atomic mass is 10.1. The Labute approximate surface area is 177 Å². The molecule has 1 unspecified atom stereocenters. The van der Waals surface area contributed by atoms with Crippen LogP contribution in [0.2, 0.25) is 0 Å². The van der Waals surface area contributed by atoms with Gasteiger partial charge in [-0.05, 0) is 13.0 Å². The summed E-state index contributed by atoms with van der Waals surface area (Å²) in [6, 6.07) is 9.88. The maximum Gasteiger partial charge on any atom is 0.433 e. The minimum atomic E-state index is -4.63. The third-order valence-corrected chi connectivity index (χ3v) is 6.34. The maximum atomic E-state index is 13.8. The van der Waals surface area contributed by atoms with Crippen molar-refractivity contribution in [3.05, 3.63) is 53.3 Å². The molecule has 2 aliphatic heterocycles. The molecule has 2 aromatic heterocycles. The van der Waals surface area contributed by atoms with E-state index < -0.39 is 11.9 Å². The van der Waals surface area contributed by atoms with Crippen molar-refractivity contribution in [2.75, 3.05) is 26.2 Å². The SMILES string of the molecule is Cc1ccc(-c2cc(C(F)(F)F)n3nc(C(=O)N4CC[NH+]5CCC[C@H]5C4)cc3n2)cc1. The van der Waals surface area contributed by atoms with Gasteiger partial charge in [-0.1, -0.05) is 29.8 Å². The fourth-order valence-electron chi connectivity index (χ4n) is 4.67. The number of hydrogen-bond acceptors (Lipinski definition) is 3. The van der Waals surface area contributed by atoms with Crippen LogP contribution in [0.15, 0.2) is 36.4 Å². The summed E-state index contributed by atoms with van der Waals surface area (Å²) in [7, 11) is 0. The molecular formula is C22H23F3N5O+. The normalized spacial score (nSPS) is 21.5. The van der Waals surface area contributed by atoms with Gasteiger partial charge in [-0.25, -0.2) is 9.50 Å². The number of piperazine rings is 1. The van der Waals surface area contributed by atoms with Crippen molar-refractivity contribution >= 4 is 11.6 Å². The molecule has 1 N–H and O–H groups in total. The zero-order chi connectivity index (χ0) is 21.8. The first-order chi connectivity index (χ1) is 14.8. The minimum Gasteiger partial charge on any atom is -0.330 e. The van der Waals surface area contributed by atoms with Crippen LogP contribution in [0, 0.1) is 6.92 Å². The first-order valence-corrected chi connectivity index (χ1v) is 10.5. The number of quaternary nitrogens is 1. The monoisotopic (exact) mass is 430 g/mol. The van der Waals surface area contributed by atoms with Crippen molar-refractivity contribution in [2.24, 2.45) is 0 Å². The quantitative estimate of drug-likeness (QED) is 0.679. The fraction of sp³-hybridized carbons (Fsp3) is 0.409. The van der Waals surface area contributed by atoms with Crippen LogP contribution in [0.25, 0.3) is 16.9 Å². The van der Waals surface area contributed by atoms with Gasteiger partial charge in [0, 0.05) is 24.5 Å². The Morgan fingerprint density at radius 1 is 1.16 bits per heavy atom.